The van der Waals surface area contributed by atoms with Crippen LogP contribution >= 0.6 is 0 Å². The van der Waals surface area contributed by atoms with Crippen LogP contribution in [0.5, 0.6) is 0 Å². The van der Waals surface area contributed by atoms with E-state index in [0.29, 0.717) is 22.8 Å². The van der Waals surface area contributed by atoms with E-state index in [1.54, 1.807) is 23.0 Å². The molecule has 2 heterocycles. The summed E-state index contributed by atoms with van der Waals surface area (Å²) in [7, 11) is 0. The molecule has 31 heavy (non-hydrogen) atoms. The van der Waals surface area contributed by atoms with Gasteiger partial charge in [-0.15, -0.1) is 5.10 Å². The van der Waals surface area contributed by atoms with Crippen LogP contribution in [0, 0.1) is 30.6 Å². The van der Waals surface area contributed by atoms with Gasteiger partial charge in [0, 0.05) is 36.4 Å². The number of carbonyl (C=O) groups excluding carboxylic acids is 2. The van der Waals surface area contributed by atoms with Gasteiger partial charge in [0.05, 0.1) is 5.56 Å². The number of nitriles is 1. The molecule has 0 spiro atoms. The lowest BCUT2D eigenvalue weighted by atomic mass is 9.82. The van der Waals surface area contributed by atoms with E-state index < -0.39 is 5.41 Å². The number of nitrogens with one attached hydrogen (secondary N) is 1. The van der Waals surface area contributed by atoms with Gasteiger partial charge in [-0.1, -0.05) is 43.7 Å². The average molecular weight is 415 g/mol. The van der Waals surface area contributed by atoms with Crippen LogP contribution in [-0.4, -0.2) is 26.5 Å². The summed E-state index contributed by atoms with van der Waals surface area (Å²) >= 11 is 0. The predicted octanol–water partition coefficient (Wildman–Crippen LogP) is 4.38. The number of nitrogens with zero attached hydrogens (tertiary/aromatic N) is 4. The SMILES string of the molecule is Cc1ccc(C(=O)CC(C)(C)CC(=O)Nc2nn(-c3ccc(C#N)cn3)cc2C)cc1. The standard InChI is InChI=1S/C24H25N5O2/c1-16-5-8-19(9-6-16)20(30)11-24(3,4)12-22(31)27-23-17(2)15-29(28-23)21-10-7-18(13-25)14-26-21/h5-10,14-15H,11-12H2,1-4H3,(H,27,28,31). The molecule has 0 atom stereocenters. The number of ketones is 1. The normalized spacial score (nSPS) is 11.1. The van der Waals surface area contributed by atoms with Crippen molar-refractivity contribution in [3.63, 3.8) is 0 Å². The molecular formula is C24H25N5O2. The number of hydrogen-bond donors (Lipinski definition) is 1. The van der Waals surface area contributed by atoms with Crippen molar-refractivity contribution in [2.24, 2.45) is 5.41 Å². The smallest absolute Gasteiger partial charge is 0.226 e. The molecule has 158 valence electrons. The zero-order valence-electron chi connectivity index (χ0n) is 18.1. The van der Waals surface area contributed by atoms with Crippen LogP contribution < -0.4 is 5.32 Å². The maximum absolute atomic E-state index is 12.6. The number of rotatable bonds is 7. The molecule has 7 heteroatoms. The van der Waals surface area contributed by atoms with Crippen LogP contribution in [0.15, 0.2) is 48.8 Å². The number of benzene rings is 1. The topological polar surface area (TPSA) is 101 Å². The molecule has 3 aromatic rings. The third kappa shape index (κ3) is 5.64. The molecule has 3 rings (SSSR count). The first-order valence-corrected chi connectivity index (χ1v) is 9.99. The molecule has 0 saturated heterocycles. The summed E-state index contributed by atoms with van der Waals surface area (Å²) in [4.78, 5) is 29.5. The van der Waals surface area contributed by atoms with Gasteiger partial charge in [0.1, 0.15) is 6.07 Å². The van der Waals surface area contributed by atoms with Crippen LogP contribution in [-0.2, 0) is 4.79 Å². The number of aryl methyl sites for hydroxylation is 2. The summed E-state index contributed by atoms with van der Waals surface area (Å²) in [6.45, 7) is 7.63. The molecule has 0 bridgehead atoms. The van der Waals surface area contributed by atoms with Crippen LogP contribution in [0.4, 0.5) is 5.82 Å². The molecule has 0 aliphatic carbocycles. The summed E-state index contributed by atoms with van der Waals surface area (Å²) < 4.78 is 1.55. The van der Waals surface area contributed by atoms with Crippen molar-refractivity contribution in [2.45, 2.75) is 40.5 Å². The average Bonchev–Trinajstić information content (AvgIpc) is 3.07. The number of Topliss-reactive ketones (excluding diaryl/α,β-unsaturated/α-hetero) is 1. The highest BCUT2D eigenvalue weighted by Crippen LogP contribution is 2.28. The van der Waals surface area contributed by atoms with Crippen molar-refractivity contribution in [3.8, 4) is 11.9 Å². The highest BCUT2D eigenvalue weighted by atomic mass is 16.1. The molecule has 0 radical (unpaired) electrons. The summed E-state index contributed by atoms with van der Waals surface area (Å²) in [5.74, 6) is 0.802. The largest absolute Gasteiger partial charge is 0.309 e. The molecular weight excluding hydrogens is 390 g/mol. The number of aromatic nitrogens is 3. The molecule has 1 N–H and O–H groups in total. The Bertz CT molecular complexity index is 1140. The van der Waals surface area contributed by atoms with Crippen molar-refractivity contribution in [1.82, 2.24) is 14.8 Å². The molecule has 0 saturated carbocycles. The number of carbonyl (C=O) groups is 2. The minimum Gasteiger partial charge on any atom is -0.309 e. The zero-order valence-corrected chi connectivity index (χ0v) is 18.1. The first kappa shape index (κ1) is 21.9. The van der Waals surface area contributed by atoms with E-state index in [1.807, 2.05) is 58.0 Å². The lowest BCUT2D eigenvalue weighted by Gasteiger charge is -2.23. The van der Waals surface area contributed by atoms with Gasteiger partial charge in [-0.05, 0) is 31.4 Å². The Kier molecular flexibility index (Phi) is 6.30. The van der Waals surface area contributed by atoms with Crippen molar-refractivity contribution < 1.29 is 9.59 Å². The molecule has 0 aliphatic heterocycles. The Hall–Kier alpha value is -3.79. The number of anilines is 1. The number of pyridine rings is 1. The van der Waals surface area contributed by atoms with Gasteiger partial charge < -0.3 is 5.32 Å². The quantitative estimate of drug-likeness (QED) is 0.577. The summed E-state index contributed by atoms with van der Waals surface area (Å²) in [5, 5.41) is 16.1. The molecule has 7 nitrogen and oxygen atoms in total. The molecule has 0 unspecified atom stereocenters. The monoisotopic (exact) mass is 415 g/mol. The van der Waals surface area contributed by atoms with E-state index in [-0.39, 0.29) is 24.5 Å². The summed E-state index contributed by atoms with van der Waals surface area (Å²) in [6, 6.07) is 12.8. The first-order valence-electron chi connectivity index (χ1n) is 9.99. The Morgan fingerprint density at radius 2 is 1.81 bits per heavy atom. The fraction of sp³-hybridized carbons (Fsp3) is 0.292. The minimum atomic E-state index is -0.503. The van der Waals surface area contributed by atoms with Crippen molar-refractivity contribution in [3.05, 3.63) is 71.0 Å². The van der Waals surface area contributed by atoms with Crippen molar-refractivity contribution in [2.75, 3.05) is 5.32 Å². The van der Waals surface area contributed by atoms with Crippen LogP contribution in [0.1, 0.15) is 53.7 Å². The molecule has 0 fully saturated rings. The summed E-state index contributed by atoms with van der Waals surface area (Å²) in [5.41, 5.74) is 2.50. The second-order valence-corrected chi connectivity index (χ2v) is 8.48. The number of hydrogen-bond acceptors (Lipinski definition) is 5. The third-order valence-corrected chi connectivity index (χ3v) is 4.92. The molecule has 0 aliphatic rings. The maximum Gasteiger partial charge on any atom is 0.226 e. The van der Waals surface area contributed by atoms with E-state index in [2.05, 4.69) is 15.4 Å². The second kappa shape index (κ2) is 8.92. The Labute approximate surface area is 181 Å². The highest BCUT2D eigenvalue weighted by molar-refractivity contribution is 5.97. The molecule has 2 aromatic heterocycles. The summed E-state index contributed by atoms with van der Waals surface area (Å²) in [6.07, 6.45) is 3.69. The van der Waals surface area contributed by atoms with Crippen molar-refractivity contribution >= 4 is 17.5 Å². The van der Waals surface area contributed by atoms with E-state index in [4.69, 9.17) is 5.26 Å². The van der Waals surface area contributed by atoms with Gasteiger partial charge in [0.2, 0.25) is 5.91 Å². The van der Waals surface area contributed by atoms with Crippen LogP contribution in [0.3, 0.4) is 0 Å². The van der Waals surface area contributed by atoms with E-state index in [0.717, 1.165) is 11.1 Å². The second-order valence-electron chi connectivity index (χ2n) is 8.48. The van der Waals surface area contributed by atoms with Crippen molar-refractivity contribution in [1.29, 1.82) is 5.26 Å². The third-order valence-electron chi connectivity index (χ3n) is 4.92. The lowest BCUT2D eigenvalue weighted by molar-refractivity contribution is -0.118. The fourth-order valence-electron chi connectivity index (χ4n) is 3.24. The lowest BCUT2D eigenvalue weighted by Crippen LogP contribution is -2.25. The van der Waals surface area contributed by atoms with Crippen LogP contribution in [0.2, 0.25) is 0 Å². The number of amides is 1. The van der Waals surface area contributed by atoms with Gasteiger partial charge in [0.15, 0.2) is 17.4 Å². The molecule has 1 aromatic carbocycles. The van der Waals surface area contributed by atoms with E-state index in [9.17, 15) is 9.59 Å². The minimum absolute atomic E-state index is 0.0187. The van der Waals surface area contributed by atoms with Gasteiger partial charge in [-0.3, -0.25) is 9.59 Å². The first-order chi connectivity index (χ1) is 14.7. The van der Waals surface area contributed by atoms with Gasteiger partial charge in [-0.2, -0.15) is 5.26 Å². The van der Waals surface area contributed by atoms with Crippen LogP contribution in [0.25, 0.3) is 5.82 Å². The fourth-order valence-corrected chi connectivity index (χ4v) is 3.24. The van der Waals surface area contributed by atoms with Gasteiger partial charge in [-0.25, -0.2) is 9.67 Å². The maximum atomic E-state index is 12.6. The van der Waals surface area contributed by atoms with Gasteiger partial charge in [0.25, 0.3) is 0 Å². The van der Waals surface area contributed by atoms with Gasteiger partial charge >= 0.3 is 0 Å². The van der Waals surface area contributed by atoms with E-state index in [1.165, 1.54) is 6.20 Å². The van der Waals surface area contributed by atoms with E-state index >= 15 is 0 Å². The highest BCUT2D eigenvalue weighted by Gasteiger charge is 2.26. The zero-order chi connectivity index (χ0) is 22.6. The Morgan fingerprint density at radius 1 is 1.10 bits per heavy atom. The Balaban J connectivity index is 1.64. The predicted molar refractivity (Wildman–Crippen MR) is 118 cm³/mol. The molecule has 1 amide bonds. The Morgan fingerprint density at radius 3 is 2.42 bits per heavy atom.